The van der Waals surface area contributed by atoms with Crippen LogP contribution in [0.1, 0.15) is 0 Å². The highest BCUT2D eigenvalue weighted by Gasteiger charge is 2.15. The molecule has 0 bridgehead atoms. The van der Waals surface area contributed by atoms with E-state index in [4.69, 9.17) is 0 Å². The summed E-state index contributed by atoms with van der Waals surface area (Å²) in [7, 11) is 0. The van der Waals surface area contributed by atoms with Crippen LogP contribution < -0.4 is 0 Å². The maximum atomic E-state index is 4.66. The fourth-order valence-corrected chi connectivity index (χ4v) is 4.94. The molecule has 8 nitrogen and oxygen atoms in total. The molecule has 0 amide bonds. The fraction of sp³-hybridized carbons (Fsp3) is 0.333. The third kappa shape index (κ3) is 4.05. The van der Waals surface area contributed by atoms with Crippen LogP contribution in [0.25, 0.3) is 22.1 Å². The zero-order chi connectivity index (χ0) is 21.3. The molecule has 0 spiro atoms. The quantitative estimate of drug-likeness (QED) is 0.160. The number of fused-ring (bicyclic) bond motifs is 2. The van der Waals surface area contributed by atoms with Gasteiger partial charge in [-0.25, -0.2) is 29.3 Å². The average Bonchev–Trinajstić information content (AvgIpc) is 3.36. The first-order valence-electron chi connectivity index (χ1n) is 8.87. The lowest BCUT2D eigenvalue weighted by Gasteiger charge is -2.09. The van der Waals surface area contributed by atoms with Gasteiger partial charge in [0.15, 0.2) is 21.6 Å². The molecule has 0 saturated carbocycles. The molecular weight excluding hydrogens is 457 g/mol. The molecule has 156 valence electrons. The monoisotopic (exact) mass is 476 g/mol. The van der Waals surface area contributed by atoms with Crippen molar-refractivity contribution in [1.29, 1.82) is 0 Å². The predicted octanol–water partition coefficient (Wildman–Crippen LogP) is 4.11. The lowest BCUT2D eigenvalue weighted by atomic mass is 10.3. The van der Waals surface area contributed by atoms with Crippen molar-refractivity contribution in [3.8, 4) is 0 Å². The van der Waals surface area contributed by atoms with Crippen molar-refractivity contribution in [2.75, 3.05) is 25.0 Å². The number of aromatic nitrogens is 8. The average molecular weight is 477 g/mol. The van der Waals surface area contributed by atoms with Crippen LogP contribution in [0.15, 0.2) is 44.9 Å². The van der Waals surface area contributed by atoms with Crippen molar-refractivity contribution >= 4 is 69.1 Å². The van der Waals surface area contributed by atoms with Crippen LogP contribution in [0.5, 0.6) is 0 Å². The molecule has 12 heteroatoms. The van der Waals surface area contributed by atoms with E-state index in [0.29, 0.717) is 13.1 Å². The van der Waals surface area contributed by atoms with Gasteiger partial charge in [0.25, 0.3) is 0 Å². The van der Waals surface area contributed by atoms with Gasteiger partial charge in [0.1, 0.15) is 10.1 Å². The Morgan fingerprint density at radius 3 is 1.53 bits per heavy atom. The summed E-state index contributed by atoms with van der Waals surface area (Å²) in [5, 5.41) is 14.3. The van der Waals surface area contributed by atoms with Crippen LogP contribution in [0.4, 0.5) is 0 Å². The molecule has 0 aliphatic carbocycles. The molecular formula is C18H20N8S4. The molecule has 30 heavy (non-hydrogen) atoms. The van der Waals surface area contributed by atoms with Crippen LogP contribution >= 0.6 is 47.0 Å². The van der Waals surface area contributed by atoms with Gasteiger partial charge < -0.3 is 0 Å². The van der Waals surface area contributed by atoms with Crippen LogP contribution in [0.3, 0.4) is 0 Å². The highest BCUT2D eigenvalue weighted by molar-refractivity contribution is 7.99. The molecule has 0 aromatic carbocycles. The van der Waals surface area contributed by atoms with Gasteiger partial charge in [0.2, 0.25) is 0 Å². The maximum absolute atomic E-state index is 4.66. The number of thioether (sulfide) groups is 4. The largest absolute Gasteiger partial charge is 0.243 e. The Morgan fingerprint density at radius 1 is 0.733 bits per heavy atom. The van der Waals surface area contributed by atoms with Crippen LogP contribution in [-0.2, 0) is 13.1 Å². The minimum atomic E-state index is 0.541. The SMILES string of the molecule is C=C(Cn1ncc2c(SC)nc(SC)nc21)Cn1ncc2c(SC)nc(SC)nc21. The summed E-state index contributed by atoms with van der Waals surface area (Å²) >= 11 is 6.25. The Bertz CT molecular complexity index is 1140. The summed E-state index contributed by atoms with van der Waals surface area (Å²) in [6.45, 7) is 5.34. The van der Waals surface area contributed by atoms with E-state index in [0.717, 1.165) is 48.0 Å². The van der Waals surface area contributed by atoms with Gasteiger partial charge >= 0.3 is 0 Å². The third-order valence-electron chi connectivity index (χ3n) is 4.38. The van der Waals surface area contributed by atoms with Crippen LogP contribution in [0, 0.1) is 0 Å². The number of allylic oxidation sites excluding steroid dienone is 1. The maximum Gasteiger partial charge on any atom is 0.190 e. The number of hydrogen-bond acceptors (Lipinski definition) is 10. The Morgan fingerprint density at radius 2 is 1.17 bits per heavy atom. The number of hydrogen-bond donors (Lipinski definition) is 0. The van der Waals surface area contributed by atoms with Gasteiger partial charge in [-0.2, -0.15) is 10.2 Å². The van der Waals surface area contributed by atoms with Gasteiger partial charge in [-0.05, 0) is 30.6 Å². The zero-order valence-corrected chi connectivity index (χ0v) is 20.3. The normalized spacial score (nSPS) is 11.6. The minimum Gasteiger partial charge on any atom is -0.243 e. The van der Waals surface area contributed by atoms with Crippen molar-refractivity contribution in [1.82, 2.24) is 39.5 Å². The summed E-state index contributed by atoms with van der Waals surface area (Å²) in [4.78, 5) is 18.4. The highest BCUT2D eigenvalue weighted by atomic mass is 32.2. The van der Waals surface area contributed by atoms with E-state index in [1.54, 1.807) is 23.5 Å². The zero-order valence-electron chi connectivity index (χ0n) is 17.0. The van der Waals surface area contributed by atoms with Crippen molar-refractivity contribution in [3.63, 3.8) is 0 Å². The first kappa shape index (κ1) is 21.5. The van der Waals surface area contributed by atoms with E-state index in [9.17, 15) is 0 Å². The second-order valence-corrected chi connectivity index (χ2v) is 9.40. The number of rotatable bonds is 8. The molecule has 0 saturated heterocycles. The highest BCUT2D eigenvalue weighted by Crippen LogP contribution is 2.27. The summed E-state index contributed by atoms with van der Waals surface area (Å²) in [5.41, 5.74) is 2.60. The van der Waals surface area contributed by atoms with E-state index in [2.05, 4.69) is 36.7 Å². The molecule has 0 N–H and O–H groups in total. The van der Waals surface area contributed by atoms with Gasteiger partial charge in [-0.1, -0.05) is 30.1 Å². The van der Waals surface area contributed by atoms with Gasteiger partial charge in [0, 0.05) is 0 Å². The first-order chi connectivity index (χ1) is 14.6. The lowest BCUT2D eigenvalue weighted by molar-refractivity contribution is 0.615. The molecule has 4 rings (SSSR count). The molecule has 0 radical (unpaired) electrons. The topological polar surface area (TPSA) is 87.2 Å². The van der Waals surface area contributed by atoms with Gasteiger partial charge in [0.05, 0.1) is 36.3 Å². The standard InChI is InChI=1S/C18H20N8S4/c1-10(8-25-13-11(6-19-25)15(27-2)23-17(21-13)29-4)9-26-14-12(7-20-26)16(28-3)24-18(22-14)30-5/h6-7H,1,8-9H2,2-5H3. The van der Waals surface area contributed by atoms with Gasteiger partial charge in [-0.15, -0.1) is 23.5 Å². The Labute approximate surface area is 191 Å². The van der Waals surface area contributed by atoms with E-state index in [1.165, 1.54) is 23.5 Å². The number of nitrogens with zero attached hydrogens (tertiary/aromatic N) is 8. The minimum absolute atomic E-state index is 0.541. The third-order valence-corrected chi connectivity index (χ3v) is 6.87. The lowest BCUT2D eigenvalue weighted by Crippen LogP contribution is -2.10. The van der Waals surface area contributed by atoms with E-state index in [1.807, 2.05) is 46.8 Å². The van der Waals surface area contributed by atoms with E-state index in [-0.39, 0.29) is 0 Å². The molecule has 0 aliphatic rings. The summed E-state index contributed by atoms with van der Waals surface area (Å²) < 4.78 is 3.75. The second kappa shape index (κ2) is 9.16. The summed E-state index contributed by atoms with van der Waals surface area (Å²) in [5.74, 6) is 0. The molecule has 0 unspecified atom stereocenters. The summed E-state index contributed by atoms with van der Waals surface area (Å²) in [6, 6.07) is 0. The van der Waals surface area contributed by atoms with E-state index >= 15 is 0 Å². The first-order valence-corrected chi connectivity index (χ1v) is 13.8. The van der Waals surface area contributed by atoms with E-state index < -0.39 is 0 Å². The van der Waals surface area contributed by atoms with Crippen molar-refractivity contribution in [3.05, 3.63) is 24.5 Å². The molecule has 0 fully saturated rings. The predicted molar refractivity (Wildman–Crippen MR) is 127 cm³/mol. The molecule has 4 aromatic rings. The Balaban J connectivity index is 1.63. The Hall–Kier alpha value is -1.76. The molecule has 4 heterocycles. The van der Waals surface area contributed by atoms with Crippen LogP contribution in [-0.4, -0.2) is 64.5 Å². The van der Waals surface area contributed by atoms with Crippen molar-refractivity contribution in [2.45, 2.75) is 33.5 Å². The smallest absolute Gasteiger partial charge is 0.190 e. The Kier molecular flexibility index (Phi) is 6.56. The fourth-order valence-electron chi connectivity index (χ4n) is 3.02. The van der Waals surface area contributed by atoms with Crippen LogP contribution in [0.2, 0.25) is 0 Å². The summed E-state index contributed by atoms with van der Waals surface area (Å²) in [6.07, 6.45) is 11.6. The second-order valence-electron chi connectivity index (χ2n) is 6.27. The van der Waals surface area contributed by atoms with Crippen molar-refractivity contribution < 1.29 is 0 Å². The molecule has 0 atom stereocenters. The van der Waals surface area contributed by atoms with Crippen molar-refractivity contribution in [2.24, 2.45) is 0 Å². The molecule has 4 aromatic heterocycles. The van der Waals surface area contributed by atoms with Gasteiger partial charge in [-0.3, -0.25) is 0 Å². The molecule has 0 aliphatic heterocycles.